The maximum Gasteiger partial charge on any atom is 0.273 e. The van der Waals surface area contributed by atoms with Crippen molar-refractivity contribution < 1.29 is 22.7 Å². The van der Waals surface area contributed by atoms with Gasteiger partial charge in [0.1, 0.15) is 11.5 Å². The minimum Gasteiger partial charge on any atom is -0.457 e. The minimum absolute atomic E-state index is 0.00628. The van der Waals surface area contributed by atoms with Crippen LogP contribution in [0.3, 0.4) is 0 Å². The highest BCUT2D eigenvalue weighted by Gasteiger charge is 2.23. The molecular formula is C24H25N3O5S. The number of hydrogen-bond donors (Lipinski definition) is 2. The summed E-state index contributed by atoms with van der Waals surface area (Å²) < 4.78 is 32.5. The molecule has 0 saturated heterocycles. The lowest BCUT2D eigenvalue weighted by Gasteiger charge is -2.18. The van der Waals surface area contributed by atoms with E-state index < -0.39 is 21.8 Å². The van der Waals surface area contributed by atoms with E-state index in [2.05, 4.69) is 10.9 Å². The summed E-state index contributed by atoms with van der Waals surface area (Å²) in [6.45, 7) is 4.12. The highest BCUT2D eigenvalue weighted by atomic mass is 32.2. The normalized spacial score (nSPS) is 11.1. The minimum atomic E-state index is -3.72. The number of sulfonamides is 1. The first-order chi connectivity index (χ1) is 15.9. The Kier molecular flexibility index (Phi) is 7.81. The number of carbonyl (C=O) groups excluding carboxylic acids is 2. The number of carbonyl (C=O) groups is 2. The largest absolute Gasteiger partial charge is 0.457 e. The van der Waals surface area contributed by atoms with Gasteiger partial charge in [-0.3, -0.25) is 20.4 Å². The van der Waals surface area contributed by atoms with Gasteiger partial charge < -0.3 is 4.74 Å². The van der Waals surface area contributed by atoms with Crippen LogP contribution < -0.4 is 15.6 Å². The van der Waals surface area contributed by atoms with Gasteiger partial charge in [0.25, 0.3) is 11.8 Å². The van der Waals surface area contributed by atoms with Gasteiger partial charge in [-0.15, -0.1) is 0 Å². The van der Waals surface area contributed by atoms with Gasteiger partial charge in [0, 0.05) is 18.7 Å². The first-order valence-corrected chi connectivity index (χ1v) is 11.8. The Morgan fingerprint density at radius 2 is 1.45 bits per heavy atom. The third kappa shape index (κ3) is 5.76. The number of nitrogens with one attached hydrogen (secondary N) is 2. The van der Waals surface area contributed by atoms with Crippen LogP contribution >= 0.6 is 0 Å². The SMILES string of the molecule is CCN(CC)S(=O)(=O)c1cccc(C(=O)NNC(=O)c2ccccc2Oc2ccccc2)c1. The van der Waals surface area contributed by atoms with E-state index in [1.54, 1.807) is 50.2 Å². The first-order valence-electron chi connectivity index (χ1n) is 10.4. The number of ether oxygens (including phenoxy) is 1. The summed E-state index contributed by atoms with van der Waals surface area (Å²) in [7, 11) is -3.72. The molecule has 2 N–H and O–H groups in total. The Bertz CT molecular complexity index is 1230. The fourth-order valence-electron chi connectivity index (χ4n) is 3.12. The van der Waals surface area contributed by atoms with Gasteiger partial charge in [-0.25, -0.2) is 8.42 Å². The summed E-state index contributed by atoms with van der Waals surface area (Å²) in [6, 6.07) is 21.3. The molecule has 0 radical (unpaired) electrons. The molecule has 3 aromatic rings. The van der Waals surface area contributed by atoms with Crippen molar-refractivity contribution in [1.29, 1.82) is 0 Å². The van der Waals surface area contributed by atoms with E-state index in [0.29, 0.717) is 24.6 Å². The second kappa shape index (κ2) is 10.8. The summed E-state index contributed by atoms with van der Waals surface area (Å²) in [5.41, 5.74) is 4.99. The van der Waals surface area contributed by atoms with Crippen LogP contribution in [0.4, 0.5) is 0 Å². The summed E-state index contributed by atoms with van der Waals surface area (Å²) in [5.74, 6) is -0.348. The molecule has 3 aromatic carbocycles. The van der Waals surface area contributed by atoms with Crippen LogP contribution in [-0.2, 0) is 10.0 Å². The highest BCUT2D eigenvalue weighted by Crippen LogP contribution is 2.25. The van der Waals surface area contributed by atoms with Crippen LogP contribution in [-0.4, -0.2) is 37.6 Å². The van der Waals surface area contributed by atoms with E-state index in [1.165, 1.54) is 28.6 Å². The zero-order chi connectivity index (χ0) is 23.8. The van der Waals surface area contributed by atoms with Gasteiger partial charge in [0.15, 0.2) is 0 Å². The van der Waals surface area contributed by atoms with E-state index in [9.17, 15) is 18.0 Å². The molecule has 0 unspecified atom stereocenters. The van der Waals surface area contributed by atoms with E-state index in [1.807, 2.05) is 18.2 Å². The third-order valence-corrected chi connectivity index (χ3v) is 6.88. The molecule has 2 amide bonds. The summed E-state index contributed by atoms with van der Waals surface area (Å²) >= 11 is 0. The number of benzene rings is 3. The maximum absolute atomic E-state index is 12.7. The summed E-state index contributed by atoms with van der Waals surface area (Å²) in [4.78, 5) is 25.3. The number of hydrazine groups is 1. The van der Waals surface area contributed by atoms with Gasteiger partial charge >= 0.3 is 0 Å². The highest BCUT2D eigenvalue weighted by molar-refractivity contribution is 7.89. The molecule has 0 saturated carbocycles. The average Bonchev–Trinajstić information content (AvgIpc) is 2.84. The topological polar surface area (TPSA) is 105 Å². The first kappa shape index (κ1) is 24.0. The predicted molar refractivity (Wildman–Crippen MR) is 124 cm³/mol. The molecule has 172 valence electrons. The molecule has 0 aliphatic carbocycles. The average molecular weight is 468 g/mol. The van der Waals surface area contributed by atoms with Crippen molar-refractivity contribution in [2.75, 3.05) is 13.1 Å². The standard InChI is InChI=1S/C24H25N3O5S/c1-3-27(4-2)33(30,31)20-14-10-11-18(17-20)23(28)25-26-24(29)21-15-8-9-16-22(21)32-19-12-6-5-7-13-19/h5-17H,3-4H2,1-2H3,(H,25,28)(H,26,29). The fourth-order valence-corrected chi connectivity index (χ4v) is 4.63. The van der Waals surface area contributed by atoms with E-state index in [-0.39, 0.29) is 16.0 Å². The Labute approximate surface area is 193 Å². The molecular weight excluding hydrogens is 442 g/mol. The van der Waals surface area contributed by atoms with Crippen molar-refractivity contribution in [3.05, 3.63) is 90.0 Å². The lowest BCUT2D eigenvalue weighted by Crippen LogP contribution is -2.41. The molecule has 33 heavy (non-hydrogen) atoms. The smallest absolute Gasteiger partial charge is 0.273 e. The van der Waals surface area contributed by atoms with Crippen molar-refractivity contribution in [2.24, 2.45) is 0 Å². The molecule has 0 spiro atoms. The molecule has 0 aromatic heterocycles. The predicted octanol–water partition coefficient (Wildman–Crippen LogP) is 3.58. The molecule has 3 rings (SSSR count). The fraction of sp³-hybridized carbons (Fsp3) is 0.167. The van der Waals surface area contributed by atoms with Gasteiger partial charge in [0.2, 0.25) is 10.0 Å². The van der Waals surface area contributed by atoms with Crippen LogP contribution in [0.25, 0.3) is 0 Å². The quantitative estimate of drug-likeness (QED) is 0.493. The van der Waals surface area contributed by atoms with E-state index in [4.69, 9.17) is 4.74 Å². The van der Waals surface area contributed by atoms with Crippen LogP contribution in [0.2, 0.25) is 0 Å². The maximum atomic E-state index is 12.7. The van der Waals surface area contributed by atoms with Crippen molar-refractivity contribution in [1.82, 2.24) is 15.2 Å². The van der Waals surface area contributed by atoms with Crippen LogP contribution in [0.1, 0.15) is 34.6 Å². The summed E-state index contributed by atoms with van der Waals surface area (Å²) in [6.07, 6.45) is 0. The zero-order valence-electron chi connectivity index (χ0n) is 18.3. The zero-order valence-corrected chi connectivity index (χ0v) is 19.1. The molecule has 0 bridgehead atoms. The van der Waals surface area contributed by atoms with Crippen LogP contribution in [0.5, 0.6) is 11.5 Å². The molecule has 8 nitrogen and oxygen atoms in total. The van der Waals surface area contributed by atoms with Crippen molar-refractivity contribution >= 4 is 21.8 Å². The van der Waals surface area contributed by atoms with Crippen molar-refractivity contribution in [3.8, 4) is 11.5 Å². The van der Waals surface area contributed by atoms with Gasteiger partial charge in [-0.05, 0) is 42.5 Å². The molecule has 0 aliphatic heterocycles. The van der Waals surface area contributed by atoms with E-state index >= 15 is 0 Å². The Hall–Kier alpha value is -3.69. The summed E-state index contributed by atoms with van der Waals surface area (Å²) in [5, 5.41) is 0. The Morgan fingerprint density at radius 3 is 2.15 bits per heavy atom. The molecule has 0 aliphatic rings. The molecule has 0 heterocycles. The second-order valence-electron chi connectivity index (χ2n) is 6.94. The monoisotopic (exact) mass is 467 g/mol. The number of para-hydroxylation sites is 2. The van der Waals surface area contributed by atoms with Crippen LogP contribution in [0, 0.1) is 0 Å². The molecule has 9 heteroatoms. The van der Waals surface area contributed by atoms with Crippen LogP contribution in [0.15, 0.2) is 83.8 Å². The number of amides is 2. The van der Waals surface area contributed by atoms with Gasteiger partial charge in [0.05, 0.1) is 10.5 Å². The molecule has 0 atom stereocenters. The molecule has 0 fully saturated rings. The van der Waals surface area contributed by atoms with E-state index in [0.717, 1.165) is 0 Å². The van der Waals surface area contributed by atoms with Gasteiger partial charge in [-0.2, -0.15) is 4.31 Å². The van der Waals surface area contributed by atoms with Gasteiger partial charge in [-0.1, -0.05) is 50.2 Å². The lowest BCUT2D eigenvalue weighted by atomic mass is 10.2. The third-order valence-electron chi connectivity index (χ3n) is 4.83. The Morgan fingerprint density at radius 1 is 0.818 bits per heavy atom. The van der Waals surface area contributed by atoms with Crippen molar-refractivity contribution in [3.63, 3.8) is 0 Å². The Balaban J connectivity index is 1.72. The number of nitrogens with zero attached hydrogens (tertiary/aromatic N) is 1. The second-order valence-corrected chi connectivity index (χ2v) is 8.87. The lowest BCUT2D eigenvalue weighted by molar-refractivity contribution is 0.0845. The number of hydrogen-bond acceptors (Lipinski definition) is 5. The van der Waals surface area contributed by atoms with Crippen molar-refractivity contribution in [2.45, 2.75) is 18.7 Å². The number of rotatable bonds is 8.